The smallest absolute Gasteiger partial charge is 0.261 e. The van der Waals surface area contributed by atoms with Crippen LogP contribution in [-0.2, 0) is 7.05 Å². The van der Waals surface area contributed by atoms with E-state index in [1.54, 1.807) is 28.4 Å². The highest BCUT2D eigenvalue weighted by atomic mass is 19.1. The zero-order valence-corrected chi connectivity index (χ0v) is 12.2. The Balaban J connectivity index is 1.95. The van der Waals surface area contributed by atoms with E-state index in [9.17, 15) is 9.18 Å². The van der Waals surface area contributed by atoms with Gasteiger partial charge in [-0.25, -0.2) is 4.39 Å². The van der Waals surface area contributed by atoms with Gasteiger partial charge in [-0.05, 0) is 36.8 Å². The molecule has 3 aromatic rings. The van der Waals surface area contributed by atoms with Gasteiger partial charge >= 0.3 is 0 Å². The zero-order chi connectivity index (χ0) is 15.7. The molecule has 0 bridgehead atoms. The number of benzene rings is 1. The SMILES string of the molecule is Cc1ccc(F)c(NC(=O)c2cnn(C)c2-n2cccc2)c1. The lowest BCUT2D eigenvalue weighted by Crippen LogP contribution is -2.15. The quantitative estimate of drug-likeness (QED) is 0.808. The van der Waals surface area contributed by atoms with Gasteiger partial charge in [0, 0.05) is 19.4 Å². The molecule has 0 radical (unpaired) electrons. The van der Waals surface area contributed by atoms with E-state index in [1.807, 2.05) is 31.5 Å². The van der Waals surface area contributed by atoms with Crippen molar-refractivity contribution in [1.82, 2.24) is 14.3 Å². The van der Waals surface area contributed by atoms with Crippen LogP contribution in [0.1, 0.15) is 15.9 Å². The summed E-state index contributed by atoms with van der Waals surface area (Å²) in [6, 6.07) is 8.30. The van der Waals surface area contributed by atoms with Gasteiger partial charge in [0.25, 0.3) is 5.91 Å². The van der Waals surface area contributed by atoms with Crippen molar-refractivity contribution in [2.24, 2.45) is 7.05 Å². The van der Waals surface area contributed by atoms with E-state index in [2.05, 4.69) is 10.4 Å². The molecule has 0 aliphatic carbocycles. The number of carbonyl (C=O) groups is 1. The molecule has 1 N–H and O–H groups in total. The lowest BCUT2D eigenvalue weighted by molar-refractivity contribution is 0.102. The third-order valence-electron chi connectivity index (χ3n) is 3.37. The maximum absolute atomic E-state index is 13.8. The number of aryl methyl sites for hydroxylation is 2. The molecule has 0 aliphatic heterocycles. The Bertz CT molecular complexity index is 821. The molecule has 0 spiro atoms. The number of carbonyl (C=O) groups excluding carboxylic acids is 1. The Kier molecular flexibility index (Phi) is 3.50. The van der Waals surface area contributed by atoms with Crippen molar-refractivity contribution in [3.63, 3.8) is 0 Å². The number of hydrogen-bond acceptors (Lipinski definition) is 2. The standard InChI is InChI=1S/C16H15FN4O/c1-11-5-6-13(17)14(9-11)19-15(22)12-10-18-20(2)16(12)21-7-3-4-8-21/h3-10H,1-2H3,(H,19,22). The van der Waals surface area contributed by atoms with Crippen LogP contribution in [0.25, 0.3) is 5.82 Å². The van der Waals surface area contributed by atoms with E-state index in [0.29, 0.717) is 11.4 Å². The summed E-state index contributed by atoms with van der Waals surface area (Å²) >= 11 is 0. The second kappa shape index (κ2) is 5.48. The van der Waals surface area contributed by atoms with Crippen LogP contribution in [0.2, 0.25) is 0 Å². The van der Waals surface area contributed by atoms with Crippen LogP contribution in [-0.4, -0.2) is 20.3 Å². The molecular weight excluding hydrogens is 283 g/mol. The number of halogens is 1. The third-order valence-corrected chi connectivity index (χ3v) is 3.37. The van der Waals surface area contributed by atoms with Gasteiger partial charge in [-0.1, -0.05) is 6.07 Å². The average Bonchev–Trinajstić information content (AvgIpc) is 3.11. The fourth-order valence-electron chi connectivity index (χ4n) is 2.30. The predicted molar refractivity (Wildman–Crippen MR) is 81.6 cm³/mol. The minimum atomic E-state index is -0.467. The lowest BCUT2D eigenvalue weighted by Gasteiger charge is -2.09. The molecule has 2 heterocycles. The molecule has 1 amide bonds. The maximum atomic E-state index is 13.8. The Morgan fingerprint density at radius 1 is 1.27 bits per heavy atom. The highest BCUT2D eigenvalue weighted by Gasteiger charge is 2.18. The van der Waals surface area contributed by atoms with Crippen molar-refractivity contribution >= 4 is 11.6 Å². The van der Waals surface area contributed by atoms with Crippen molar-refractivity contribution in [2.45, 2.75) is 6.92 Å². The van der Waals surface area contributed by atoms with Crippen LogP contribution in [0.3, 0.4) is 0 Å². The summed E-state index contributed by atoms with van der Waals surface area (Å²) in [5, 5.41) is 6.72. The van der Waals surface area contributed by atoms with Gasteiger partial charge in [0.1, 0.15) is 17.2 Å². The third kappa shape index (κ3) is 2.50. The van der Waals surface area contributed by atoms with Crippen molar-refractivity contribution in [3.05, 3.63) is 65.9 Å². The van der Waals surface area contributed by atoms with Gasteiger partial charge in [0.2, 0.25) is 0 Å². The molecule has 2 aromatic heterocycles. The topological polar surface area (TPSA) is 51.9 Å². The summed E-state index contributed by atoms with van der Waals surface area (Å²) in [4.78, 5) is 12.5. The molecule has 0 atom stereocenters. The summed E-state index contributed by atoms with van der Waals surface area (Å²) in [7, 11) is 1.75. The van der Waals surface area contributed by atoms with Crippen LogP contribution >= 0.6 is 0 Å². The van der Waals surface area contributed by atoms with Gasteiger partial charge in [0.15, 0.2) is 0 Å². The number of amides is 1. The number of hydrogen-bond donors (Lipinski definition) is 1. The van der Waals surface area contributed by atoms with Crippen molar-refractivity contribution < 1.29 is 9.18 Å². The second-order valence-electron chi connectivity index (χ2n) is 5.03. The number of nitrogens with zero attached hydrogens (tertiary/aromatic N) is 3. The lowest BCUT2D eigenvalue weighted by atomic mass is 10.2. The highest BCUT2D eigenvalue weighted by Crippen LogP contribution is 2.19. The van der Waals surface area contributed by atoms with Gasteiger partial charge in [-0.3, -0.25) is 9.48 Å². The van der Waals surface area contributed by atoms with Crippen LogP contribution in [0.5, 0.6) is 0 Å². The maximum Gasteiger partial charge on any atom is 0.261 e. The molecule has 0 saturated carbocycles. The first kappa shape index (κ1) is 14.1. The minimum Gasteiger partial charge on any atom is -0.319 e. The first-order valence-electron chi connectivity index (χ1n) is 6.79. The van der Waals surface area contributed by atoms with Crippen molar-refractivity contribution in [1.29, 1.82) is 0 Å². The first-order chi connectivity index (χ1) is 10.6. The Morgan fingerprint density at radius 3 is 2.73 bits per heavy atom. The molecule has 1 aromatic carbocycles. The molecule has 0 unspecified atom stereocenters. The van der Waals surface area contributed by atoms with Gasteiger partial charge < -0.3 is 9.88 Å². The van der Waals surface area contributed by atoms with E-state index in [4.69, 9.17) is 0 Å². The first-order valence-corrected chi connectivity index (χ1v) is 6.79. The normalized spacial score (nSPS) is 10.7. The van der Waals surface area contributed by atoms with Crippen LogP contribution < -0.4 is 5.32 Å². The van der Waals surface area contributed by atoms with E-state index in [0.717, 1.165) is 5.56 Å². The largest absolute Gasteiger partial charge is 0.319 e. The number of nitrogens with one attached hydrogen (secondary N) is 1. The molecule has 0 aliphatic rings. The van der Waals surface area contributed by atoms with Crippen LogP contribution in [0.4, 0.5) is 10.1 Å². The number of rotatable bonds is 3. The summed E-state index contributed by atoms with van der Waals surface area (Å²) in [6.07, 6.45) is 5.11. The van der Waals surface area contributed by atoms with E-state index < -0.39 is 11.7 Å². The van der Waals surface area contributed by atoms with Gasteiger partial charge in [-0.2, -0.15) is 5.10 Å². The molecule has 22 heavy (non-hydrogen) atoms. The van der Waals surface area contributed by atoms with E-state index in [-0.39, 0.29) is 5.69 Å². The predicted octanol–water partition coefficient (Wildman–Crippen LogP) is 2.91. The summed E-state index contributed by atoms with van der Waals surface area (Å²) in [5.41, 5.74) is 1.40. The highest BCUT2D eigenvalue weighted by molar-refractivity contribution is 6.06. The molecule has 112 valence electrons. The minimum absolute atomic E-state index is 0.160. The van der Waals surface area contributed by atoms with Gasteiger partial charge in [0.05, 0.1) is 11.9 Å². The van der Waals surface area contributed by atoms with Gasteiger partial charge in [-0.15, -0.1) is 0 Å². The Morgan fingerprint density at radius 2 is 2.00 bits per heavy atom. The molecule has 0 fully saturated rings. The average molecular weight is 298 g/mol. The number of aromatic nitrogens is 3. The summed E-state index contributed by atoms with van der Waals surface area (Å²) in [5.74, 6) is -0.248. The molecule has 0 saturated heterocycles. The fourth-order valence-corrected chi connectivity index (χ4v) is 2.30. The fraction of sp³-hybridized carbons (Fsp3) is 0.125. The number of anilines is 1. The molecule has 3 rings (SSSR count). The molecular formula is C16H15FN4O. The molecule has 6 heteroatoms. The van der Waals surface area contributed by atoms with Crippen molar-refractivity contribution in [3.8, 4) is 5.82 Å². The van der Waals surface area contributed by atoms with Crippen molar-refractivity contribution in [2.75, 3.05) is 5.32 Å². The molecule has 5 nitrogen and oxygen atoms in total. The van der Waals surface area contributed by atoms with E-state index in [1.165, 1.54) is 12.3 Å². The zero-order valence-electron chi connectivity index (χ0n) is 12.2. The van der Waals surface area contributed by atoms with Crippen LogP contribution in [0, 0.1) is 12.7 Å². The summed E-state index contributed by atoms with van der Waals surface area (Å²) < 4.78 is 17.2. The Hall–Kier alpha value is -2.89. The monoisotopic (exact) mass is 298 g/mol. The summed E-state index contributed by atoms with van der Waals surface area (Å²) in [6.45, 7) is 1.84. The Labute approximate surface area is 127 Å². The van der Waals surface area contributed by atoms with Crippen LogP contribution in [0.15, 0.2) is 48.9 Å². The second-order valence-corrected chi connectivity index (χ2v) is 5.03. The van der Waals surface area contributed by atoms with E-state index >= 15 is 0 Å².